The Hall–Kier alpha value is -0.863. The van der Waals surface area contributed by atoms with Crippen LogP contribution in [0.15, 0.2) is 42.0 Å². The maximum Gasteiger partial charge on any atom is 0.0812 e. The summed E-state index contributed by atoms with van der Waals surface area (Å²) in [5.74, 6) is 1.68. The molecule has 3 atom stereocenters. The van der Waals surface area contributed by atoms with Crippen molar-refractivity contribution in [1.82, 2.24) is 5.32 Å². The lowest BCUT2D eigenvalue weighted by molar-refractivity contribution is 0.302. The third-order valence-electron chi connectivity index (χ3n) is 5.43. The van der Waals surface area contributed by atoms with E-state index in [2.05, 4.69) is 61.7 Å². The van der Waals surface area contributed by atoms with E-state index in [9.17, 15) is 0 Å². The third kappa shape index (κ3) is 3.32. The average Bonchev–Trinajstić information content (AvgIpc) is 2.47. The predicted octanol–water partition coefficient (Wildman–Crippen LogP) is 3.94. The Kier molecular flexibility index (Phi) is 4.37. The normalized spacial score (nSPS) is 29.7. The van der Waals surface area contributed by atoms with Crippen molar-refractivity contribution in [2.24, 2.45) is 11.8 Å². The summed E-state index contributed by atoms with van der Waals surface area (Å²) >= 11 is 0. The highest BCUT2D eigenvalue weighted by molar-refractivity contribution is 6.89. The molecule has 0 amide bonds. The standard InChI is InChI=1S/C19H29NSi/c1-15-12-16(18-10-7-11-20-19(18)13-15)14-21(2,3)17-8-5-4-6-9-17/h4-6,8-10,15-16,19-20H,7,11-14H2,1-3H3/t15-,16+,19-/m1/s1. The minimum atomic E-state index is -1.34. The van der Waals surface area contributed by atoms with Crippen LogP contribution in [0.3, 0.4) is 0 Å². The van der Waals surface area contributed by atoms with Crippen molar-refractivity contribution in [3.05, 3.63) is 42.0 Å². The van der Waals surface area contributed by atoms with E-state index in [1.54, 1.807) is 10.8 Å². The first-order chi connectivity index (χ1) is 10.1. The quantitative estimate of drug-likeness (QED) is 0.658. The second kappa shape index (κ2) is 6.10. The van der Waals surface area contributed by atoms with Crippen LogP contribution in [0.4, 0.5) is 0 Å². The van der Waals surface area contributed by atoms with Crippen molar-refractivity contribution in [3.63, 3.8) is 0 Å². The molecule has 1 saturated carbocycles. The SMILES string of the molecule is C[C@@H]1C[C@@H](C[Si](C)(C)c2ccccc2)C2=CCCN[C@@H]2C1. The molecule has 1 nitrogen and oxygen atoms in total. The molecule has 114 valence electrons. The van der Waals surface area contributed by atoms with Gasteiger partial charge in [-0.1, -0.05) is 67.2 Å². The Labute approximate surface area is 130 Å². The van der Waals surface area contributed by atoms with Crippen LogP contribution in [0.1, 0.15) is 26.2 Å². The minimum absolute atomic E-state index is 0.674. The molecule has 0 unspecified atom stereocenters. The Morgan fingerprint density at radius 1 is 1.14 bits per heavy atom. The predicted molar refractivity (Wildman–Crippen MR) is 94.7 cm³/mol. The van der Waals surface area contributed by atoms with E-state index in [0.717, 1.165) is 11.8 Å². The minimum Gasteiger partial charge on any atom is -0.310 e. The Morgan fingerprint density at radius 3 is 2.67 bits per heavy atom. The van der Waals surface area contributed by atoms with E-state index < -0.39 is 8.07 Å². The van der Waals surface area contributed by atoms with Gasteiger partial charge in [0.2, 0.25) is 0 Å². The van der Waals surface area contributed by atoms with Crippen LogP contribution in [0, 0.1) is 11.8 Å². The molecule has 0 bridgehead atoms. The third-order valence-corrected chi connectivity index (χ3v) is 8.84. The lowest BCUT2D eigenvalue weighted by Crippen LogP contribution is -2.47. The van der Waals surface area contributed by atoms with Crippen molar-refractivity contribution in [1.29, 1.82) is 0 Å². The van der Waals surface area contributed by atoms with Crippen LogP contribution in [-0.2, 0) is 0 Å². The van der Waals surface area contributed by atoms with Gasteiger partial charge >= 0.3 is 0 Å². The fraction of sp³-hybridized carbons (Fsp3) is 0.579. The fourth-order valence-electron chi connectivity index (χ4n) is 4.37. The van der Waals surface area contributed by atoms with E-state index in [-0.39, 0.29) is 0 Å². The summed E-state index contributed by atoms with van der Waals surface area (Å²) in [5.41, 5.74) is 1.75. The molecule has 0 spiro atoms. The van der Waals surface area contributed by atoms with Crippen molar-refractivity contribution < 1.29 is 0 Å². The number of hydrogen-bond acceptors (Lipinski definition) is 1. The maximum absolute atomic E-state index is 3.75. The topological polar surface area (TPSA) is 12.0 Å². The van der Waals surface area contributed by atoms with Crippen LogP contribution < -0.4 is 10.5 Å². The van der Waals surface area contributed by atoms with Gasteiger partial charge in [-0.2, -0.15) is 0 Å². The van der Waals surface area contributed by atoms with E-state index in [1.165, 1.54) is 31.9 Å². The molecule has 1 aromatic carbocycles. The molecule has 1 N–H and O–H groups in total. The van der Waals surface area contributed by atoms with Gasteiger partial charge in [0.1, 0.15) is 0 Å². The highest BCUT2D eigenvalue weighted by Crippen LogP contribution is 2.39. The van der Waals surface area contributed by atoms with E-state index >= 15 is 0 Å². The molecule has 2 aliphatic rings. The Morgan fingerprint density at radius 2 is 1.90 bits per heavy atom. The number of benzene rings is 1. The maximum atomic E-state index is 3.75. The average molecular weight is 300 g/mol. The second-order valence-corrected chi connectivity index (χ2v) is 12.5. The molecule has 1 aliphatic carbocycles. The van der Waals surface area contributed by atoms with Crippen molar-refractivity contribution in [2.45, 2.75) is 51.4 Å². The van der Waals surface area contributed by atoms with Gasteiger partial charge in [-0.25, -0.2) is 0 Å². The number of fused-ring (bicyclic) bond motifs is 1. The molecular weight excluding hydrogens is 270 g/mol. The van der Waals surface area contributed by atoms with Crippen LogP contribution in [-0.4, -0.2) is 20.7 Å². The number of hydrogen-bond donors (Lipinski definition) is 1. The zero-order valence-electron chi connectivity index (χ0n) is 13.7. The molecule has 3 rings (SSSR count). The van der Waals surface area contributed by atoms with Gasteiger partial charge in [0, 0.05) is 6.04 Å². The van der Waals surface area contributed by atoms with Gasteiger partial charge in [-0.3, -0.25) is 0 Å². The molecular formula is C19H29NSi. The Bertz CT molecular complexity index is 506. The fourth-order valence-corrected chi connectivity index (χ4v) is 7.34. The molecule has 0 aromatic heterocycles. The molecule has 2 heteroatoms. The van der Waals surface area contributed by atoms with Gasteiger partial charge in [0.25, 0.3) is 0 Å². The highest BCUT2D eigenvalue weighted by atomic mass is 28.3. The van der Waals surface area contributed by atoms with Crippen LogP contribution >= 0.6 is 0 Å². The number of rotatable bonds is 3. The zero-order chi connectivity index (χ0) is 14.9. The first-order valence-corrected chi connectivity index (χ1v) is 11.8. The zero-order valence-corrected chi connectivity index (χ0v) is 14.7. The lowest BCUT2D eigenvalue weighted by Gasteiger charge is -2.41. The first-order valence-electron chi connectivity index (χ1n) is 8.55. The molecule has 1 heterocycles. The molecule has 0 radical (unpaired) electrons. The highest BCUT2D eigenvalue weighted by Gasteiger charge is 2.36. The lowest BCUT2D eigenvalue weighted by atomic mass is 9.75. The summed E-state index contributed by atoms with van der Waals surface area (Å²) in [5, 5.41) is 5.37. The summed E-state index contributed by atoms with van der Waals surface area (Å²) in [6, 6.07) is 13.3. The van der Waals surface area contributed by atoms with E-state index in [1.807, 2.05) is 0 Å². The molecule has 1 fully saturated rings. The molecule has 1 aliphatic heterocycles. The van der Waals surface area contributed by atoms with Crippen molar-refractivity contribution in [3.8, 4) is 0 Å². The summed E-state index contributed by atoms with van der Waals surface area (Å²) in [6.07, 6.45) is 6.53. The summed E-state index contributed by atoms with van der Waals surface area (Å²) < 4.78 is 0. The first kappa shape index (κ1) is 15.0. The molecule has 0 saturated heterocycles. The van der Waals surface area contributed by atoms with Crippen molar-refractivity contribution in [2.75, 3.05) is 6.54 Å². The van der Waals surface area contributed by atoms with Gasteiger partial charge in [-0.15, -0.1) is 0 Å². The van der Waals surface area contributed by atoms with Crippen LogP contribution in [0.2, 0.25) is 19.1 Å². The largest absolute Gasteiger partial charge is 0.310 e. The van der Waals surface area contributed by atoms with E-state index in [4.69, 9.17) is 0 Å². The van der Waals surface area contributed by atoms with Crippen LogP contribution in [0.5, 0.6) is 0 Å². The van der Waals surface area contributed by atoms with E-state index in [0.29, 0.717) is 6.04 Å². The van der Waals surface area contributed by atoms with Crippen molar-refractivity contribution >= 4 is 13.3 Å². The summed E-state index contributed by atoms with van der Waals surface area (Å²) in [4.78, 5) is 0. The van der Waals surface area contributed by atoms with Crippen LogP contribution in [0.25, 0.3) is 0 Å². The van der Waals surface area contributed by atoms with Gasteiger partial charge < -0.3 is 5.32 Å². The summed E-state index contributed by atoms with van der Waals surface area (Å²) in [6.45, 7) is 8.71. The number of nitrogens with one attached hydrogen (secondary N) is 1. The molecule has 21 heavy (non-hydrogen) atoms. The molecule has 1 aromatic rings. The monoisotopic (exact) mass is 299 g/mol. The van der Waals surface area contributed by atoms with Gasteiger partial charge in [0.05, 0.1) is 8.07 Å². The second-order valence-electron chi connectivity index (χ2n) is 7.73. The van der Waals surface area contributed by atoms with Gasteiger partial charge in [-0.05, 0) is 43.7 Å². The summed E-state index contributed by atoms with van der Waals surface area (Å²) in [7, 11) is -1.34. The van der Waals surface area contributed by atoms with Gasteiger partial charge in [0.15, 0.2) is 0 Å². The smallest absolute Gasteiger partial charge is 0.0812 e. The Balaban J connectivity index is 1.80.